The molecule has 2 aromatic carbocycles. The number of ether oxygens (including phenoxy) is 2. The monoisotopic (exact) mass is 541 g/mol. The number of para-hydroxylation sites is 1. The Kier molecular flexibility index (Phi) is 8.05. The van der Waals surface area contributed by atoms with Crippen LogP contribution in [0.2, 0.25) is 0 Å². The summed E-state index contributed by atoms with van der Waals surface area (Å²) in [6, 6.07) is 17.8. The van der Waals surface area contributed by atoms with E-state index in [1.54, 1.807) is 56.3 Å². The van der Waals surface area contributed by atoms with Gasteiger partial charge >= 0.3 is 11.9 Å². The Labute approximate surface area is 232 Å². The molecule has 1 spiro atoms. The SMILES string of the molecule is CCCc1ccc(N2C(N)=C(C#N)C3(C(=O)N(c4ccccc4)N=C3C)C(C(=O)OCC)=C2C(=O)OCC)cc1. The minimum Gasteiger partial charge on any atom is -0.463 e. The first kappa shape index (κ1) is 28.1. The first-order chi connectivity index (χ1) is 19.3. The number of esters is 2. The summed E-state index contributed by atoms with van der Waals surface area (Å²) in [6.07, 6.45) is 1.78. The fraction of sp³-hybridized carbons (Fsp3) is 0.300. The van der Waals surface area contributed by atoms with Crippen molar-refractivity contribution in [2.24, 2.45) is 16.3 Å². The van der Waals surface area contributed by atoms with Crippen LogP contribution in [0, 0.1) is 16.7 Å². The molecule has 1 atom stereocenters. The van der Waals surface area contributed by atoms with E-state index in [4.69, 9.17) is 15.2 Å². The summed E-state index contributed by atoms with van der Waals surface area (Å²) in [5.41, 5.74) is 5.58. The molecule has 2 aliphatic heterocycles. The Bertz CT molecular complexity index is 1470. The normalized spacial score (nSPS) is 18.7. The van der Waals surface area contributed by atoms with Crippen molar-refractivity contribution in [2.45, 2.75) is 40.5 Å². The Hall–Kier alpha value is -4.91. The number of nitrogens with zero attached hydrogens (tertiary/aromatic N) is 4. The zero-order valence-electron chi connectivity index (χ0n) is 22.9. The Balaban J connectivity index is 2.07. The van der Waals surface area contributed by atoms with Crippen LogP contribution in [-0.2, 0) is 30.3 Å². The van der Waals surface area contributed by atoms with Gasteiger partial charge in [-0.25, -0.2) is 9.59 Å². The van der Waals surface area contributed by atoms with Gasteiger partial charge in [-0.05, 0) is 57.0 Å². The maximum atomic E-state index is 14.4. The van der Waals surface area contributed by atoms with Crippen molar-refractivity contribution >= 4 is 34.9 Å². The van der Waals surface area contributed by atoms with E-state index in [1.165, 1.54) is 11.8 Å². The molecule has 1 unspecified atom stereocenters. The fourth-order valence-electron chi connectivity index (χ4n) is 5.10. The quantitative estimate of drug-likeness (QED) is 0.496. The van der Waals surface area contributed by atoms with E-state index in [0.717, 1.165) is 23.4 Å². The third-order valence-electron chi connectivity index (χ3n) is 6.81. The highest BCUT2D eigenvalue weighted by Gasteiger charge is 2.63. The van der Waals surface area contributed by atoms with Crippen LogP contribution in [0.25, 0.3) is 0 Å². The van der Waals surface area contributed by atoms with Crippen LogP contribution in [0.15, 0.2) is 82.4 Å². The number of rotatable bonds is 8. The van der Waals surface area contributed by atoms with Crippen LogP contribution in [0.4, 0.5) is 11.4 Å². The van der Waals surface area contributed by atoms with Gasteiger partial charge in [0.2, 0.25) is 0 Å². The summed E-state index contributed by atoms with van der Waals surface area (Å²) >= 11 is 0. The molecular formula is C30H31N5O5. The van der Waals surface area contributed by atoms with Crippen molar-refractivity contribution < 1.29 is 23.9 Å². The molecule has 40 heavy (non-hydrogen) atoms. The largest absolute Gasteiger partial charge is 0.463 e. The van der Waals surface area contributed by atoms with Gasteiger partial charge in [0.25, 0.3) is 5.91 Å². The van der Waals surface area contributed by atoms with E-state index in [0.29, 0.717) is 11.4 Å². The molecule has 0 saturated heterocycles. The predicted octanol–water partition coefficient (Wildman–Crippen LogP) is 3.94. The average Bonchev–Trinajstić information content (AvgIpc) is 3.20. The number of carbonyl (C=O) groups is 3. The Morgan fingerprint density at radius 1 is 0.975 bits per heavy atom. The molecule has 0 aromatic heterocycles. The van der Waals surface area contributed by atoms with Gasteiger partial charge in [-0.3, -0.25) is 9.69 Å². The van der Waals surface area contributed by atoms with Crippen molar-refractivity contribution in [3.05, 3.63) is 82.8 Å². The van der Waals surface area contributed by atoms with E-state index in [2.05, 4.69) is 18.1 Å². The predicted molar refractivity (Wildman–Crippen MR) is 150 cm³/mol. The summed E-state index contributed by atoms with van der Waals surface area (Å²) in [5.74, 6) is -2.80. The summed E-state index contributed by atoms with van der Waals surface area (Å²) in [5, 5.41) is 16.1. The van der Waals surface area contributed by atoms with Gasteiger partial charge in [-0.1, -0.05) is 43.7 Å². The molecule has 2 aromatic rings. The number of hydrogen-bond donors (Lipinski definition) is 1. The molecule has 1 amide bonds. The van der Waals surface area contributed by atoms with E-state index in [-0.39, 0.29) is 41.6 Å². The smallest absolute Gasteiger partial charge is 0.355 e. The summed E-state index contributed by atoms with van der Waals surface area (Å²) in [7, 11) is 0. The molecule has 0 aliphatic carbocycles. The average molecular weight is 542 g/mol. The molecule has 0 bridgehead atoms. The van der Waals surface area contributed by atoms with Crippen molar-refractivity contribution in [1.82, 2.24) is 0 Å². The molecule has 206 valence electrons. The molecule has 0 fully saturated rings. The van der Waals surface area contributed by atoms with Crippen LogP contribution in [0.5, 0.6) is 0 Å². The first-order valence-electron chi connectivity index (χ1n) is 13.1. The lowest BCUT2D eigenvalue weighted by Gasteiger charge is -2.40. The van der Waals surface area contributed by atoms with Gasteiger partial charge < -0.3 is 15.2 Å². The second kappa shape index (κ2) is 11.5. The minimum atomic E-state index is -2.11. The zero-order valence-corrected chi connectivity index (χ0v) is 22.9. The minimum absolute atomic E-state index is 0.0133. The number of anilines is 2. The summed E-state index contributed by atoms with van der Waals surface area (Å²) in [6.45, 7) is 6.74. The van der Waals surface area contributed by atoms with E-state index < -0.39 is 23.3 Å². The molecule has 10 nitrogen and oxygen atoms in total. The van der Waals surface area contributed by atoms with Crippen molar-refractivity contribution in [1.29, 1.82) is 5.26 Å². The molecule has 4 rings (SSSR count). The van der Waals surface area contributed by atoms with E-state index in [1.807, 2.05) is 12.1 Å². The van der Waals surface area contributed by atoms with Crippen LogP contribution >= 0.6 is 0 Å². The second-order valence-corrected chi connectivity index (χ2v) is 9.18. The van der Waals surface area contributed by atoms with Gasteiger partial charge in [0.05, 0.1) is 35.8 Å². The van der Waals surface area contributed by atoms with Gasteiger partial charge in [-0.15, -0.1) is 0 Å². The lowest BCUT2D eigenvalue weighted by atomic mass is 9.67. The van der Waals surface area contributed by atoms with Crippen molar-refractivity contribution in [3.8, 4) is 6.07 Å². The zero-order chi connectivity index (χ0) is 29.0. The number of aryl methyl sites for hydroxylation is 1. The number of nitriles is 1. The molecule has 2 aliphatic rings. The highest BCUT2D eigenvalue weighted by Crippen LogP contribution is 2.51. The second-order valence-electron chi connectivity index (χ2n) is 9.18. The lowest BCUT2D eigenvalue weighted by Crippen LogP contribution is -2.53. The number of hydrogen-bond acceptors (Lipinski definition) is 9. The molecular weight excluding hydrogens is 510 g/mol. The highest BCUT2D eigenvalue weighted by atomic mass is 16.5. The van der Waals surface area contributed by atoms with Crippen molar-refractivity contribution in [2.75, 3.05) is 23.1 Å². The Morgan fingerprint density at radius 2 is 1.60 bits per heavy atom. The molecule has 0 radical (unpaired) electrons. The highest BCUT2D eigenvalue weighted by molar-refractivity contribution is 6.29. The van der Waals surface area contributed by atoms with E-state index >= 15 is 0 Å². The van der Waals surface area contributed by atoms with Gasteiger partial charge in [-0.2, -0.15) is 15.4 Å². The summed E-state index contributed by atoms with van der Waals surface area (Å²) in [4.78, 5) is 43.1. The van der Waals surface area contributed by atoms with Crippen LogP contribution in [-0.4, -0.2) is 36.8 Å². The van der Waals surface area contributed by atoms with Gasteiger partial charge in [0, 0.05) is 5.69 Å². The maximum absolute atomic E-state index is 14.4. The lowest BCUT2D eigenvalue weighted by molar-refractivity contribution is -0.143. The number of amides is 1. The molecule has 10 heteroatoms. The fourth-order valence-corrected chi connectivity index (χ4v) is 5.10. The molecule has 2 heterocycles. The number of nitrogens with two attached hydrogens (primary N) is 1. The molecule has 0 saturated carbocycles. The van der Waals surface area contributed by atoms with Gasteiger partial charge in [0.1, 0.15) is 17.6 Å². The Morgan fingerprint density at radius 3 is 2.17 bits per heavy atom. The first-order valence-corrected chi connectivity index (χ1v) is 13.1. The third kappa shape index (κ3) is 4.39. The standard InChI is InChI=1S/C30H31N5O5/c1-5-11-20-14-16-21(17-15-20)34-25(28(37)40-7-3)24(27(36)39-6-2)30(23(18-31)26(34)32)19(4)33-35(29(30)38)22-12-9-8-10-13-22/h8-10,12-17H,5-7,11,32H2,1-4H3. The number of benzene rings is 2. The van der Waals surface area contributed by atoms with Crippen molar-refractivity contribution in [3.63, 3.8) is 0 Å². The number of hydrazone groups is 1. The summed E-state index contributed by atoms with van der Waals surface area (Å²) < 4.78 is 10.8. The van der Waals surface area contributed by atoms with Crippen LogP contribution in [0.3, 0.4) is 0 Å². The maximum Gasteiger partial charge on any atom is 0.355 e. The van der Waals surface area contributed by atoms with Crippen LogP contribution < -0.4 is 15.6 Å². The van der Waals surface area contributed by atoms with Gasteiger partial charge in [0.15, 0.2) is 5.41 Å². The topological polar surface area (TPSA) is 138 Å². The van der Waals surface area contributed by atoms with E-state index in [9.17, 15) is 19.6 Å². The molecule has 2 N–H and O–H groups in total. The number of carbonyl (C=O) groups excluding carboxylic acids is 3. The van der Waals surface area contributed by atoms with Crippen LogP contribution in [0.1, 0.15) is 39.7 Å². The third-order valence-corrected chi connectivity index (χ3v) is 6.81.